The lowest BCUT2D eigenvalue weighted by Gasteiger charge is -2.27. The van der Waals surface area contributed by atoms with Gasteiger partial charge in [0.1, 0.15) is 5.75 Å². The van der Waals surface area contributed by atoms with E-state index in [0.717, 1.165) is 51.6 Å². The quantitative estimate of drug-likeness (QED) is 0.574. The van der Waals surface area contributed by atoms with E-state index in [9.17, 15) is 18.0 Å². The zero-order chi connectivity index (χ0) is 25.5. The third-order valence-electron chi connectivity index (χ3n) is 6.90. The Hall–Kier alpha value is -2.91. The van der Waals surface area contributed by atoms with E-state index in [4.69, 9.17) is 4.74 Å². The average Bonchev–Trinajstić information content (AvgIpc) is 2.92. The van der Waals surface area contributed by atoms with Gasteiger partial charge in [0.15, 0.2) is 0 Å². The molecule has 2 aromatic rings. The number of ether oxygens (including phenoxy) is 1. The third kappa shape index (κ3) is 6.07. The highest BCUT2D eigenvalue weighted by molar-refractivity contribution is 7.89. The van der Waals surface area contributed by atoms with Gasteiger partial charge in [0.2, 0.25) is 15.9 Å². The van der Waals surface area contributed by atoms with Crippen LogP contribution in [0.25, 0.3) is 0 Å². The average molecular weight is 514 g/mol. The smallest absolute Gasteiger partial charge is 0.255 e. The van der Waals surface area contributed by atoms with E-state index < -0.39 is 10.0 Å². The van der Waals surface area contributed by atoms with Crippen LogP contribution in [0.5, 0.6) is 5.75 Å². The minimum atomic E-state index is -3.59. The van der Waals surface area contributed by atoms with E-state index >= 15 is 0 Å². The first kappa shape index (κ1) is 26.2. The van der Waals surface area contributed by atoms with Gasteiger partial charge in [-0.1, -0.05) is 18.6 Å². The maximum Gasteiger partial charge on any atom is 0.255 e. The Morgan fingerprint density at radius 3 is 2.28 bits per heavy atom. The number of rotatable bonds is 8. The summed E-state index contributed by atoms with van der Waals surface area (Å²) in [6, 6.07) is 11.9. The van der Waals surface area contributed by atoms with Gasteiger partial charge in [-0.2, -0.15) is 4.31 Å². The molecule has 36 heavy (non-hydrogen) atoms. The second kappa shape index (κ2) is 11.9. The normalized spacial score (nSPS) is 17.0. The van der Waals surface area contributed by atoms with Crippen molar-refractivity contribution in [3.05, 3.63) is 53.6 Å². The van der Waals surface area contributed by atoms with Crippen LogP contribution in [0.15, 0.2) is 47.4 Å². The first-order valence-corrected chi connectivity index (χ1v) is 14.2. The number of sulfonamides is 1. The minimum Gasteiger partial charge on any atom is -0.496 e. The lowest BCUT2D eigenvalue weighted by atomic mass is 10.1. The lowest BCUT2D eigenvalue weighted by molar-refractivity contribution is -0.116. The number of hydrogen-bond donors (Lipinski definition) is 1. The SMILES string of the molecule is COc1ccc(S(=O)(=O)N2CCCCC2)cc1CCC(=O)Nc1ccccc1C(=O)N1CCCCC1. The van der Waals surface area contributed by atoms with Crippen molar-refractivity contribution in [2.75, 3.05) is 38.6 Å². The zero-order valence-corrected chi connectivity index (χ0v) is 21.7. The molecule has 0 aliphatic carbocycles. The van der Waals surface area contributed by atoms with Crippen LogP contribution in [0.3, 0.4) is 0 Å². The summed E-state index contributed by atoms with van der Waals surface area (Å²) in [4.78, 5) is 27.9. The van der Waals surface area contributed by atoms with Crippen molar-refractivity contribution in [2.24, 2.45) is 0 Å². The summed E-state index contributed by atoms with van der Waals surface area (Å²) in [7, 11) is -2.06. The van der Waals surface area contributed by atoms with Crippen LogP contribution in [0.2, 0.25) is 0 Å². The number of likely N-dealkylation sites (tertiary alicyclic amines) is 1. The molecule has 2 amide bonds. The van der Waals surface area contributed by atoms with Crippen LogP contribution in [-0.2, 0) is 21.2 Å². The Morgan fingerprint density at radius 1 is 0.917 bits per heavy atom. The van der Waals surface area contributed by atoms with Crippen molar-refractivity contribution in [1.29, 1.82) is 0 Å². The number of nitrogens with zero attached hydrogens (tertiary/aromatic N) is 2. The van der Waals surface area contributed by atoms with Gasteiger partial charge >= 0.3 is 0 Å². The van der Waals surface area contributed by atoms with E-state index in [0.29, 0.717) is 42.1 Å². The van der Waals surface area contributed by atoms with Crippen LogP contribution in [0, 0.1) is 0 Å². The second-order valence-corrected chi connectivity index (χ2v) is 11.3. The van der Waals surface area contributed by atoms with Gasteiger partial charge < -0.3 is 15.0 Å². The van der Waals surface area contributed by atoms with Crippen molar-refractivity contribution < 1.29 is 22.7 Å². The number of carbonyl (C=O) groups is 2. The number of nitrogens with one attached hydrogen (secondary N) is 1. The number of anilines is 1. The Kier molecular flexibility index (Phi) is 8.64. The van der Waals surface area contributed by atoms with Crippen molar-refractivity contribution in [1.82, 2.24) is 9.21 Å². The summed E-state index contributed by atoms with van der Waals surface area (Å²) in [5.41, 5.74) is 1.63. The van der Waals surface area contributed by atoms with Gasteiger partial charge in [-0.25, -0.2) is 8.42 Å². The molecule has 2 aliphatic heterocycles. The lowest BCUT2D eigenvalue weighted by Crippen LogP contribution is -2.36. The summed E-state index contributed by atoms with van der Waals surface area (Å²) in [5, 5.41) is 2.88. The number of carbonyl (C=O) groups excluding carboxylic acids is 2. The van der Waals surface area contributed by atoms with Crippen molar-refractivity contribution in [2.45, 2.75) is 56.3 Å². The van der Waals surface area contributed by atoms with Crippen molar-refractivity contribution in [3.8, 4) is 5.75 Å². The van der Waals surface area contributed by atoms with Gasteiger partial charge in [-0.15, -0.1) is 0 Å². The van der Waals surface area contributed by atoms with Gasteiger partial charge in [0, 0.05) is 32.6 Å². The third-order valence-corrected chi connectivity index (χ3v) is 8.80. The van der Waals surface area contributed by atoms with Gasteiger partial charge in [0.25, 0.3) is 5.91 Å². The fraction of sp³-hybridized carbons (Fsp3) is 0.481. The fourth-order valence-corrected chi connectivity index (χ4v) is 6.44. The van der Waals surface area contributed by atoms with Crippen LogP contribution >= 0.6 is 0 Å². The molecule has 9 heteroatoms. The van der Waals surface area contributed by atoms with E-state index in [2.05, 4.69) is 5.32 Å². The van der Waals surface area contributed by atoms with Crippen LogP contribution in [-0.4, -0.2) is 62.7 Å². The molecule has 8 nitrogen and oxygen atoms in total. The molecule has 4 rings (SSSR count). The highest BCUT2D eigenvalue weighted by Gasteiger charge is 2.27. The molecule has 2 fully saturated rings. The van der Waals surface area contributed by atoms with Crippen LogP contribution in [0.1, 0.15) is 60.9 Å². The molecular weight excluding hydrogens is 478 g/mol. The van der Waals surface area contributed by atoms with Crippen LogP contribution < -0.4 is 10.1 Å². The molecule has 2 aliphatic rings. The molecule has 1 N–H and O–H groups in total. The largest absolute Gasteiger partial charge is 0.496 e. The molecule has 2 aromatic carbocycles. The molecule has 0 bridgehead atoms. The standard InChI is InChI=1S/C27H35N3O5S/c1-35-25-14-13-22(36(33,34)30-18-8-3-9-19-30)20-21(25)12-15-26(31)28-24-11-5-4-10-23(24)27(32)29-16-6-2-7-17-29/h4-5,10-11,13-14,20H,2-3,6-9,12,15-19H2,1H3,(H,28,31). The van der Waals surface area contributed by atoms with Gasteiger partial charge in [-0.3, -0.25) is 9.59 Å². The Balaban J connectivity index is 1.45. The van der Waals surface area contributed by atoms with Crippen molar-refractivity contribution in [3.63, 3.8) is 0 Å². The van der Waals surface area contributed by atoms with E-state index in [1.807, 2.05) is 4.90 Å². The molecule has 0 atom stereocenters. The maximum atomic E-state index is 13.1. The fourth-order valence-electron chi connectivity index (χ4n) is 4.87. The molecule has 2 heterocycles. The summed E-state index contributed by atoms with van der Waals surface area (Å²) < 4.78 is 33.2. The molecule has 194 valence electrons. The number of aryl methyl sites for hydroxylation is 1. The summed E-state index contributed by atoms with van der Waals surface area (Å²) in [6.07, 6.45) is 6.32. The zero-order valence-electron chi connectivity index (χ0n) is 20.9. The molecule has 0 radical (unpaired) electrons. The number of methoxy groups -OCH3 is 1. The van der Waals surface area contributed by atoms with E-state index in [-0.39, 0.29) is 23.1 Å². The molecule has 0 aromatic heterocycles. The number of piperidine rings is 2. The molecule has 2 saturated heterocycles. The van der Waals surface area contributed by atoms with Crippen molar-refractivity contribution >= 4 is 27.5 Å². The minimum absolute atomic E-state index is 0.0668. The van der Waals surface area contributed by atoms with Gasteiger partial charge in [-0.05, 0) is 74.4 Å². The topological polar surface area (TPSA) is 96.0 Å². The Morgan fingerprint density at radius 2 is 1.58 bits per heavy atom. The van der Waals surface area contributed by atoms with Crippen LogP contribution in [0.4, 0.5) is 5.69 Å². The first-order chi connectivity index (χ1) is 17.4. The number of hydrogen-bond acceptors (Lipinski definition) is 5. The van der Waals surface area contributed by atoms with Gasteiger partial charge in [0.05, 0.1) is 23.3 Å². The first-order valence-electron chi connectivity index (χ1n) is 12.8. The molecule has 0 saturated carbocycles. The molecule has 0 unspecified atom stereocenters. The summed E-state index contributed by atoms with van der Waals surface area (Å²) in [6.45, 7) is 2.53. The number of benzene rings is 2. The highest BCUT2D eigenvalue weighted by atomic mass is 32.2. The number of amides is 2. The molecular formula is C27H35N3O5S. The Bertz CT molecular complexity index is 1190. The monoisotopic (exact) mass is 513 g/mol. The predicted octanol–water partition coefficient (Wildman–Crippen LogP) is 4.07. The summed E-state index contributed by atoms with van der Waals surface area (Å²) >= 11 is 0. The molecule has 0 spiro atoms. The second-order valence-electron chi connectivity index (χ2n) is 9.39. The summed E-state index contributed by atoms with van der Waals surface area (Å²) in [5.74, 6) is 0.226. The number of para-hydroxylation sites is 1. The predicted molar refractivity (Wildman–Crippen MR) is 139 cm³/mol. The Labute approximate surface area is 213 Å². The van der Waals surface area contributed by atoms with E-state index in [1.165, 1.54) is 11.4 Å². The van der Waals surface area contributed by atoms with E-state index in [1.54, 1.807) is 42.5 Å². The maximum absolute atomic E-state index is 13.1. The highest BCUT2D eigenvalue weighted by Crippen LogP contribution is 2.27.